The minimum absolute atomic E-state index is 0.0387. The number of carbonyl (C=O) groups is 1. The van der Waals surface area contributed by atoms with Crippen LogP contribution in [0.3, 0.4) is 0 Å². The maximum atomic E-state index is 13.1. The van der Waals surface area contributed by atoms with Gasteiger partial charge in [-0.1, -0.05) is 0 Å². The Hall–Kier alpha value is -2.31. The van der Waals surface area contributed by atoms with Crippen LogP contribution in [0.15, 0.2) is 12.4 Å². The standard InChI is InChI=1S/C19H29N5O2/c1-12-14(10-20-22(12)6)16-8-9-17(15-11-21-23(7)13(15)2)24(16)18(25)26-19(3,4)5/h10-11,16-17H,8-9H2,1-7H3. The molecule has 26 heavy (non-hydrogen) atoms. The number of carbonyl (C=O) groups excluding carboxylic acids is 1. The summed E-state index contributed by atoms with van der Waals surface area (Å²) < 4.78 is 9.46. The van der Waals surface area contributed by atoms with Gasteiger partial charge in [-0.3, -0.25) is 14.3 Å². The molecular formula is C19H29N5O2. The fourth-order valence-corrected chi connectivity index (χ4v) is 3.68. The zero-order valence-corrected chi connectivity index (χ0v) is 16.8. The van der Waals surface area contributed by atoms with Gasteiger partial charge in [0.25, 0.3) is 0 Å². The number of aromatic nitrogens is 4. The molecule has 7 heteroatoms. The highest BCUT2D eigenvalue weighted by Gasteiger charge is 2.42. The molecule has 1 saturated heterocycles. The molecular weight excluding hydrogens is 330 g/mol. The highest BCUT2D eigenvalue weighted by molar-refractivity contribution is 5.70. The molecule has 1 aliphatic heterocycles. The van der Waals surface area contributed by atoms with Gasteiger partial charge >= 0.3 is 6.09 Å². The van der Waals surface area contributed by atoms with E-state index in [9.17, 15) is 4.79 Å². The zero-order valence-electron chi connectivity index (χ0n) is 16.8. The fourth-order valence-electron chi connectivity index (χ4n) is 3.68. The van der Waals surface area contributed by atoms with Crippen LogP contribution in [0.5, 0.6) is 0 Å². The summed E-state index contributed by atoms with van der Waals surface area (Å²) in [6.07, 6.45) is 5.22. The summed E-state index contributed by atoms with van der Waals surface area (Å²) in [6.45, 7) is 9.78. The third-order valence-electron chi connectivity index (χ3n) is 5.25. The SMILES string of the molecule is Cc1c(C2CCC(c3cnn(C)c3C)N2C(=O)OC(C)(C)C)cnn1C. The lowest BCUT2D eigenvalue weighted by atomic mass is 10.0. The van der Waals surface area contributed by atoms with Crippen molar-refractivity contribution < 1.29 is 9.53 Å². The molecule has 142 valence electrons. The second-order valence-electron chi connectivity index (χ2n) is 8.11. The minimum atomic E-state index is -0.539. The first-order valence-corrected chi connectivity index (χ1v) is 9.08. The number of rotatable bonds is 2. The average molecular weight is 359 g/mol. The Bertz CT molecular complexity index is 760. The van der Waals surface area contributed by atoms with Crippen LogP contribution < -0.4 is 0 Å². The smallest absolute Gasteiger partial charge is 0.411 e. The molecule has 1 amide bonds. The summed E-state index contributed by atoms with van der Waals surface area (Å²) in [7, 11) is 3.85. The number of hydrogen-bond acceptors (Lipinski definition) is 4. The first-order chi connectivity index (χ1) is 12.1. The molecule has 1 aliphatic rings. The van der Waals surface area contributed by atoms with Crippen LogP contribution >= 0.6 is 0 Å². The fraction of sp³-hybridized carbons (Fsp3) is 0.632. The lowest BCUT2D eigenvalue weighted by Gasteiger charge is -2.32. The molecule has 3 heterocycles. The van der Waals surface area contributed by atoms with E-state index in [0.29, 0.717) is 0 Å². The monoisotopic (exact) mass is 359 g/mol. The molecule has 0 aliphatic carbocycles. The van der Waals surface area contributed by atoms with Crippen LogP contribution in [0, 0.1) is 13.8 Å². The molecule has 0 N–H and O–H groups in total. The van der Waals surface area contributed by atoms with Gasteiger partial charge < -0.3 is 4.74 Å². The van der Waals surface area contributed by atoms with Crippen LogP contribution in [0.4, 0.5) is 4.79 Å². The molecule has 0 spiro atoms. The molecule has 0 aromatic carbocycles. The largest absolute Gasteiger partial charge is 0.444 e. The van der Waals surface area contributed by atoms with Crippen molar-refractivity contribution in [3.63, 3.8) is 0 Å². The predicted octanol–water partition coefficient (Wildman–Crippen LogP) is 3.58. The van der Waals surface area contributed by atoms with Crippen molar-refractivity contribution in [2.45, 2.75) is 65.1 Å². The molecule has 0 saturated carbocycles. The van der Waals surface area contributed by atoms with E-state index < -0.39 is 5.60 Å². The van der Waals surface area contributed by atoms with E-state index in [-0.39, 0.29) is 18.2 Å². The van der Waals surface area contributed by atoms with Crippen LogP contribution in [-0.4, -0.2) is 36.2 Å². The Morgan fingerprint density at radius 3 is 1.73 bits per heavy atom. The minimum Gasteiger partial charge on any atom is -0.444 e. The Balaban J connectivity index is 2.01. The highest BCUT2D eigenvalue weighted by atomic mass is 16.6. The highest BCUT2D eigenvalue weighted by Crippen LogP contribution is 2.46. The topological polar surface area (TPSA) is 65.2 Å². The van der Waals surface area contributed by atoms with Crippen LogP contribution in [0.1, 0.15) is 68.2 Å². The molecule has 7 nitrogen and oxygen atoms in total. The second-order valence-corrected chi connectivity index (χ2v) is 8.11. The van der Waals surface area contributed by atoms with Crippen molar-refractivity contribution in [1.82, 2.24) is 24.5 Å². The van der Waals surface area contributed by atoms with Crippen LogP contribution in [-0.2, 0) is 18.8 Å². The van der Waals surface area contributed by atoms with Crippen molar-refractivity contribution >= 4 is 6.09 Å². The third kappa shape index (κ3) is 3.22. The number of ether oxygens (including phenoxy) is 1. The zero-order chi connectivity index (χ0) is 19.2. The number of amides is 1. The number of hydrogen-bond donors (Lipinski definition) is 0. The van der Waals surface area contributed by atoms with Gasteiger partial charge in [-0.25, -0.2) is 4.79 Å². The van der Waals surface area contributed by atoms with E-state index in [1.807, 2.05) is 75.4 Å². The van der Waals surface area contributed by atoms with Crippen LogP contribution in [0.2, 0.25) is 0 Å². The summed E-state index contributed by atoms with van der Waals surface area (Å²) in [5, 5.41) is 8.74. The molecule has 3 rings (SSSR count). The van der Waals surface area contributed by atoms with Gasteiger partial charge in [0.2, 0.25) is 0 Å². The Morgan fingerprint density at radius 2 is 1.42 bits per heavy atom. The van der Waals surface area contributed by atoms with Gasteiger partial charge in [0.1, 0.15) is 5.60 Å². The second kappa shape index (κ2) is 6.45. The Kier molecular flexibility index (Phi) is 4.58. The van der Waals surface area contributed by atoms with Crippen molar-refractivity contribution in [3.05, 3.63) is 34.9 Å². The Labute approximate surface area is 154 Å². The molecule has 2 unspecified atom stereocenters. The normalized spacial score (nSPS) is 20.7. The third-order valence-corrected chi connectivity index (χ3v) is 5.25. The van der Waals surface area contributed by atoms with Crippen LogP contribution in [0.25, 0.3) is 0 Å². The molecule has 2 aromatic rings. The number of nitrogens with zero attached hydrogens (tertiary/aromatic N) is 5. The molecule has 2 atom stereocenters. The van der Waals surface area contributed by atoms with E-state index in [4.69, 9.17) is 4.74 Å². The maximum absolute atomic E-state index is 13.1. The average Bonchev–Trinajstić information content (AvgIpc) is 3.18. The summed E-state index contributed by atoms with van der Waals surface area (Å²) in [6, 6.07) is -0.0775. The van der Waals surface area contributed by atoms with Crippen molar-refractivity contribution in [2.75, 3.05) is 0 Å². The van der Waals surface area contributed by atoms with Gasteiger partial charge in [0.05, 0.1) is 24.5 Å². The number of likely N-dealkylation sites (tertiary alicyclic amines) is 1. The lowest BCUT2D eigenvalue weighted by molar-refractivity contribution is 0.0140. The quantitative estimate of drug-likeness (QED) is 0.822. The first-order valence-electron chi connectivity index (χ1n) is 9.08. The molecule has 0 bridgehead atoms. The van der Waals surface area contributed by atoms with Crippen molar-refractivity contribution in [3.8, 4) is 0 Å². The Morgan fingerprint density at radius 1 is 1.00 bits per heavy atom. The van der Waals surface area contributed by atoms with E-state index in [1.54, 1.807) is 0 Å². The van der Waals surface area contributed by atoms with E-state index in [2.05, 4.69) is 10.2 Å². The van der Waals surface area contributed by atoms with Gasteiger partial charge in [-0.05, 0) is 47.5 Å². The van der Waals surface area contributed by atoms with E-state index in [1.165, 1.54) is 0 Å². The lowest BCUT2D eigenvalue weighted by Crippen LogP contribution is -2.38. The molecule has 2 aromatic heterocycles. The molecule has 0 radical (unpaired) electrons. The molecule has 1 fully saturated rings. The predicted molar refractivity (Wildman–Crippen MR) is 98.7 cm³/mol. The van der Waals surface area contributed by atoms with Gasteiger partial charge in [0, 0.05) is 36.6 Å². The summed E-state index contributed by atoms with van der Waals surface area (Å²) >= 11 is 0. The van der Waals surface area contributed by atoms with Gasteiger partial charge in [0.15, 0.2) is 0 Å². The van der Waals surface area contributed by atoms with Gasteiger partial charge in [-0.2, -0.15) is 10.2 Å². The summed E-state index contributed by atoms with van der Waals surface area (Å²) in [5.41, 5.74) is 3.78. The van der Waals surface area contributed by atoms with Crippen molar-refractivity contribution in [2.24, 2.45) is 14.1 Å². The summed E-state index contributed by atoms with van der Waals surface area (Å²) in [5.74, 6) is 0. The van der Waals surface area contributed by atoms with Gasteiger partial charge in [-0.15, -0.1) is 0 Å². The van der Waals surface area contributed by atoms with E-state index in [0.717, 1.165) is 35.4 Å². The van der Waals surface area contributed by atoms with Crippen molar-refractivity contribution in [1.29, 1.82) is 0 Å². The first kappa shape index (κ1) is 18.5. The number of aryl methyl sites for hydroxylation is 2. The maximum Gasteiger partial charge on any atom is 0.411 e. The van der Waals surface area contributed by atoms with E-state index >= 15 is 0 Å². The summed E-state index contributed by atoms with van der Waals surface area (Å²) in [4.78, 5) is 15.0.